The van der Waals surface area contributed by atoms with Crippen LogP contribution in [-0.4, -0.2) is 12.4 Å². The molecule has 0 saturated carbocycles. The fraction of sp³-hybridized carbons (Fsp3) is 0.364. The predicted octanol–water partition coefficient (Wildman–Crippen LogP) is 4.13. The molecule has 17 heavy (non-hydrogen) atoms. The van der Waals surface area contributed by atoms with Crippen LogP contribution in [0.1, 0.15) is 12.5 Å². The summed E-state index contributed by atoms with van der Waals surface area (Å²) in [5.74, 6) is -1.61. The lowest BCUT2D eigenvalue weighted by Gasteiger charge is -2.10. The number of rotatable bonds is 2. The van der Waals surface area contributed by atoms with Crippen LogP contribution in [0.2, 0.25) is 5.02 Å². The van der Waals surface area contributed by atoms with E-state index in [-0.39, 0.29) is 5.69 Å². The van der Waals surface area contributed by atoms with Gasteiger partial charge in [0, 0.05) is 11.2 Å². The Labute approximate surface area is 102 Å². The quantitative estimate of drug-likeness (QED) is 0.633. The van der Waals surface area contributed by atoms with E-state index < -0.39 is 12.1 Å². The minimum atomic E-state index is -4.29. The molecule has 2 N–H and O–H groups in total. The zero-order chi connectivity index (χ0) is 13.2. The van der Waals surface area contributed by atoms with Gasteiger partial charge in [-0.2, -0.15) is 13.2 Å². The first-order chi connectivity index (χ1) is 7.71. The van der Waals surface area contributed by atoms with Gasteiger partial charge in [0.1, 0.15) is 0 Å². The molecule has 0 saturated heterocycles. The Kier molecular flexibility index (Phi) is 4.03. The summed E-state index contributed by atoms with van der Waals surface area (Å²) in [7, 11) is 0. The monoisotopic (exact) mass is 264 g/mol. The van der Waals surface area contributed by atoms with Crippen molar-refractivity contribution in [3.63, 3.8) is 0 Å². The van der Waals surface area contributed by atoms with E-state index in [1.807, 2.05) is 0 Å². The molecule has 2 nitrogen and oxygen atoms in total. The molecule has 0 spiro atoms. The third kappa shape index (κ3) is 3.63. The van der Waals surface area contributed by atoms with Gasteiger partial charge in [0.15, 0.2) is 0 Å². The summed E-state index contributed by atoms with van der Waals surface area (Å²) in [4.78, 5) is 3.75. The Hall–Kier alpha value is -1.23. The summed E-state index contributed by atoms with van der Waals surface area (Å²) in [5, 5.41) is 0.463. The fourth-order valence-electron chi connectivity index (χ4n) is 1.07. The minimum absolute atomic E-state index is 0.256. The summed E-state index contributed by atoms with van der Waals surface area (Å²) in [6.07, 6.45) is -3.46. The third-order valence-corrected chi connectivity index (χ3v) is 2.67. The normalized spacial score (nSPS) is 14.2. The first-order valence-electron chi connectivity index (χ1n) is 4.88. The van der Waals surface area contributed by atoms with Crippen molar-refractivity contribution in [3.05, 3.63) is 22.7 Å². The second kappa shape index (κ2) is 4.96. The average molecular weight is 265 g/mol. The van der Waals surface area contributed by atoms with Gasteiger partial charge in [0.05, 0.1) is 17.3 Å². The van der Waals surface area contributed by atoms with Crippen LogP contribution in [0.3, 0.4) is 0 Å². The number of halogens is 4. The van der Waals surface area contributed by atoms with E-state index in [1.54, 1.807) is 13.0 Å². The van der Waals surface area contributed by atoms with Gasteiger partial charge in [0.25, 0.3) is 0 Å². The summed E-state index contributed by atoms with van der Waals surface area (Å²) in [6.45, 7) is 2.76. The number of nitrogens with zero attached hydrogens (tertiary/aromatic N) is 1. The number of hydrogen-bond acceptors (Lipinski definition) is 2. The van der Waals surface area contributed by atoms with E-state index in [0.29, 0.717) is 16.3 Å². The van der Waals surface area contributed by atoms with Crippen molar-refractivity contribution in [3.8, 4) is 0 Å². The Balaban J connectivity index is 2.96. The number of benzene rings is 1. The number of nitrogen functional groups attached to an aromatic ring is 1. The Morgan fingerprint density at radius 3 is 2.53 bits per heavy atom. The lowest BCUT2D eigenvalue weighted by molar-refractivity contribution is -0.149. The maximum atomic E-state index is 12.3. The van der Waals surface area contributed by atoms with E-state index in [0.717, 1.165) is 13.1 Å². The number of hydrogen-bond donors (Lipinski definition) is 1. The van der Waals surface area contributed by atoms with Gasteiger partial charge in [-0.1, -0.05) is 11.6 Å². The first kappa shape index (κ1) is 13.8. The topological polar surface area (TPSA) is 38.4 Å². The van der Waals surface area contributed by atoms with Gasteiger partial charge in [0.2, 0.25) is 0 Å². The smallest absolute Gasteiger partial charge is 0.396 e. The van der Waals surface area contributed by atoms with Gasteiger partial charge in [-0.25, -0.2) is 0 Å². The van der Waals surface area contributed by atoms with Crippen LogP contribution in [0, 0.1) is 12.8 Å². The Morgan fingerprint density at radius 1 is 1.41 bits per heavy atom. The minimum Gasteiger partial charge on any atom is -0.397 e. The second-order valence-electron chi connectivity index (χ2n) is 3.77. The van der Waals surface area contributed by atoms with Gasteiger partial charge in [-0.3, -0.25) is 4.99 Å². The highest BCUT2D eigenvalue weighted by atomic mass is 35.5. The second-order valence-corrected chi connectivity index (χ2v) is 4.18. The molecule has 0 aliphatic heterocycles. The predicted molar refractivity (Wildman–Crippen MR) is 64.0 cm³/mol. The molecule has 0 aromatic heterocycles. The maximum absolute atomic E-state index is 12.3. The van der Waals surface area contributed by atoms with Crippen molar-refractivity contribution < 1.29 is 13.2 Å². The van der Waals surface area contributed by atoms with Crippen molar-refractivity contribution in [2.75, 3.05) is 5.73 Å². The maximum Gasteiger partial charge on any atom is 0.396 e. The number of nitrogens with two attached hydrogens (primary N) is 1. The Bertz CT molecular complexity index is 441. The summed E-state index contributed by atoms with van der Waals surface area (Å²) in [5.41, 5.74) is 6.87. The van der Waals surface area contributed by atoms with Crippen molar-refractivity contribution in [2.45, 2.75) is 20.0 Å². The molecule has 1 atom stereocenters. The van der Waals surface area contributed by atoms with Crippen molar-refractivity contribution in [2.24, 2.45) is 10.9 Å². The molecule has 0 aliphatic carbocycles. The van der Waals surface area contributed by atoms with Crippen LogP contribution in [-0.2, 0) is 0 Å². The van der Waals surface area contributed by atoms with E-state index in [9.17, 15) is 13.2 Å². The van der Waals surface area contributed by atoms with Crippen LogP contribution in [0.25, 0.3) is 0 Å². The number of alkyl halides is 3. The molecular weight excluding hydrogens is 253 g/mol. The highest BCUT2D eigenvalue weighted by Gasteiger charge is 2.34. The summed E-state index contributed by atoms with van der Waals surface area (Å²) < 4.78 is 36.8. The van der Waals surface area contributed by atoms with Crippen LogP contribution >= 0.6 is 11.6 Å². The number of aryl methyl sites for hydroxylation is 1. The molecule has 1 rings (SSSR count). The largest absolute Gasteiger partial charge is 0.397 e. The summed E-state index contributed by atoms with van der Waals surface area (Å²) in [6, 6.07) is 3.03. The highest BCUT2D eigenvalue weighted by molar-refractivity contribution is 6.31. The van der Waals surface area contributed by atoms with Gasteiger partial charge in [-0.15, -0.1) is 0 Å². The third-order valence-electron chi connectivity index (χ3n) is 2.26. The van der Waals surface area contributed by atoms with Crippen molar-refractivity contribution >= 4 is 29.2 Å². The Morgan fingerprint density at radius 2 is 2.00 bits per heavy atom. The fourth-order valence-corrected chi connectivity index (χ4v) is 1.24. The molecule has 94 valence electrons. The van der Waals surface area contributed by atoms with Gasteiger partial charge >= 0.3 is 6.18 Å². The lowest BCUT2D eigenvalue weighted by Crippen LogP contribution is -2.20. The average Bonchev–Trinajstić information content (AvgIpc) is 2.19. The van der Waals surface area contributed by atoms with Gasteiger partial charge in [-0.05, 0) is 31.5 Å². The van der Waals surface area contributed by atoms with Crippen molar-refractivity contribution in [1.82, 2.24) is 0 Å². The van der Waals surface area contributed by atoms with E-state index in [1.165, 1.54) is 6.07 Å². The molecule has 0 fully saturated rings. The van der Waals surface area contributed by atoms with Crippen LogP contribution in [0.5, 0.6) is 0 Å². The summed E-state index contributed by atoms with van der Waals surface area (Å²) >= 11 is 5.81. The number of aliphatic imine (C=N–C) groups is 1. The molecule has 6 heteroatoms. The van der Waals surface area contributed by atoms with Crippen LogP contribution in [0.4, 0.5) is 24.5 Å². The van der Waals surface area contributed by atoms with Crippen LogP contribution in [0.15, 0.2) is 17.1 Å². The molecular formula is C11H12ClF3N2. The molecule has 0 heterocycles. The van der Waals surface area contributed by atoms with E-state index in [4.69, 9.17) is 17.3 Å². The van der Waals surface area contributed by atoms with Gasteiger partial charge < -0.3 is 5.73 Å². The first-order valence-corrected chi connectivity index (χ1v) is 5.26. The molecule has 1 aromatic rings. The lowest BCUT2D eigenvalue weighted by atomic mass is 10.2. The SMILES string of the molecule is Cc1cc(N=CC(C)C(F)(F)F)c(N)cc1Cl. The molecule has 0 aliphatic rings. The molecule has 0 amide bonds. The van der Waals surface area contributed by atoms with E-state index in [2.05, 4.69) is 4.99 Å². The molecule has 0 radical (unpaired) electrons. The standard InChI is InChI=1S/C11H12ClF3N2/c1-6-3-10(9(16)4-8(6)12)17-5-7(2)11(13,14)15/h3-5,7H,16H2,1-2H3. The zero-order valence-corrected chi connectivity index (χ0v) is 10.1. The van der Waals surface area contributed by atoms with Crippen LogP contribution < -0.4 is 5.73 Å². The zero-order valence-electron chi connectivity index (χ0n) is 9.35. The molecule has 1 unspecified atom stereocenters. The highest BCUT2D eigenvalue weighted by Crippen LogP contribution is 2.30. The van der Waals surface area contributed by atoms with E-state index >= 15 is 0 Å². The van der Waals surface area contributed by atoms with Crippen molar-refractivity contribution in [1.29, 1.82) is 0 Å². The number of anilines is 1. The molecule has 1 aromatic carbocycles. The molecule has 0 bridgehead atoms.